The monoisotopic (exact) mass is 381 g/mol. The van der Waals surface area contributed by atoms with Crippen molar-refractivity contribution in [1.29, 1.82) is 0 Å². The van der Waals surface area contributed by atoms with Crippen molar-refractivity contribution in [3.05, 3.63) is 59.8 Å². The van der Waals surface area contributed by atoms with E-state index in [1.165, 1.54) is 0 Å². The molecule has 2 atom stereocenters. The van der Waals surface area contributed by atoms with Gasteiger partial charge < -0.3 is 24.4 Å². The van der Waals surface area contributed by atoms with Gasteiger partial charge in [-0.25, -0.2) is 4.98 Å². The van der Waals surface area contributed by atoms with E-state index in [4.69, 9.17) is 9.63 Å². The van der Waals surface area contributed by atoms with Crippen molar-refractivity contribution in [2.45, 2.75) is 31.9 Å². The van der Waals surface area contributed by atoms with Crippen LogP contribution in [0.25, 0.3) is 11.3 Å². The number of unbranched alkanes of at least 4 members (excludes halogenated alkanes) is 1. The van der Waals surface area contributed by atoms with Gasteiger partial charge in [-0.3, -0.25) is 0 Å². The number of imidazole rings is 1. The van der Waals surface area contributed by atoms with E-state index in [-0.39, 0.29) is 13.2 Å². The fourth-order valence-electron chi connectivity index (χ4n) is 2.87. The second kappa shape index (κ2) is 9.33. The molecular weight excluding hydrogens is 358 g/mol. The predicted octanol–water partition coefficient (Wildman–Crippen LogP) is 2.30. The Kier molecular flexibility index (Phi) is 6.61. The maximum atomic E-state index is 9.85. The lowest BCUT2D eigenvalue weighted by Gasteiger charge is -2.17. The first-order chi connectivity index (χ1) is 13.6. The third kappa shape index (κ3) is 4.49. The molecule has 0 saturated heterocycles. The standard InChI is InChI=1S/C21H23N3O4/c1-15(27)21-22-10-11-24(21)19(14-26)18-13-20(28-23-18)17-8-6-16(7-9-17)5-3-2-4-12-25/h6-11,13,15,19,25-27H,2,4,12,14H2,1H3/t15-,19+/m0/s1. The first kappa shape index (κ1) is 19.8. The average molecular weight is 381 g/mol. The summed E-state index contributed by atoms with van der Waals surface area (Å²) in [6, 6.07) is 8.86. The molecule has 0 aliphatic carbocycles. The van der Waals surface area contributed by atoms with Crippen molar-refractivity contribution in [3.8, 4) is 23.2 Å². The molecule has 0 amide bonds. The Balaban J connectivity index is 1.79. The zero-order valence-corrected chi connectivity index (χ0v) is 15.6. The number of nitrogens with zero attached hydrogens (tertiary/aromatic N) is 3. The molecule has 0 aliphatic heterocycles. The normalized spacial score (nSPS) is 13.0. The first-order valence-electron chi connectivity index (χ1n) is 9.12. The highest BCUT2D eigenvalue weighted by atomic mass is 16.5. The smallest absolute Gasteiger partial charge is 0.167 e. The lowest BCUT2D eigenvalue weighted by atomic mass is 10.1. The second-order valence-corrected chi connectivity index (χ2v) is 6.39. The SMILES string of the molecule is C[C@H](O)c1nccn1[C@H](CO)c1cc(-c2ccc(C#CCCCO)cc2)on1. The van der Waals surface area contributed by atoms with E-state index in [1.807, 2.05) is 24.3 Å². The van der Waals surface area contributed by atoms with E-state index in [2.05, 4.69) is 22.0 Å². The van der Waals surface area contributed by atoms with Crippen molar-refractivity contribution in [1.82, 2.24) is 14.7 Å². The van der Waals surface area contributed by atoms with E-state index < -0.39 is 12.1 Å². The lowest BCUT2D eigenvalue weighted by Crippen LogP contribution is -2.18. The summed E-state index contributed by atoms with van der Waals surface area (Å²) in [6.07, 6.45) is 3.84. The fraction of sp³-hybridized carbons (Fsp3) is 0.333. The van der Waals surface area contributed by atoms with Gasteiger partial charge in [0.15, 0.2) is 5.76 Å². The van der Waals surface area contributed by atoms with Gasteiger partial charge >= 0.3 is 0 Å². The maximum Gasteiger partial charge on any atom is 0.167 e. The molecule has 7 heteroatoms. The van der Waals surface area contributed by atoms with Crippen LogP contribution in [0.1, 0.15) is 49.0 Å². The van der Waals surface area contributed by atoms with Gasteiger partial charge in [-0.2, -0.15) is 0 Å². The second-order valence-electron chi connectivity index (χ2n) is 6.39. The Morgan fingerprint density at radius 2 is 2.00 bits per heavy atom. The Morgan fingerprint density at radius 1 is 1.21 bits per heavy atom. The van der Waals surface area contributed by atoms with Gasteiger partial charge in [0, 0.05) is 42.6 Å². The van der Waals surface area contributed by atoms with Gasteiger partial charge in [-0.1, -0.05) is 17.0 Å². The van der Waals surface area contributed by atoms with Gasteiger partial charge in [0.1, 0.15) is 23.7 Å². The molecule has 0 radical (unpaired) electrons. The van der Waals surface area contributed by atoms with Gasteiger partial charge in [-0.15, -0.1) is 0 Å². The molecule has 28 heavy (non-hydrogen) atoms. The van der Waals surface area contributed by atoms with Crippen molar-refractivity contribution in [3.63, 3.8) is 0 Å². The van der Waals surface area contributed by atoms with E-state index in [0.717, 1.165) is 11.1 Å². The van der Waals surface area contributed by atoms with Crippen molar-refractivity contribution < 1.29 is 19.8 Å². The molecule has 0 unspecified atom stereocenters. The van der Waals surface area contributed by atoms with E-state index in [9.17, 15) is 10.2 Å². The zero-order chi connectivity index (χ0) is 19.9. The predicted molar refractivity (Wildman–Crippen MR) is 103 cm³/mol. The van der Waals surface area contributed by atoms with E-state index >= 15 is 0 Å². The first-order valence-corrected chi connectivity index (χ1v) is 9.12. The molecule has 0 saturated carbocycles. The number of hydrogen-bond donors (Lipinski definition) is 3. The summed E-state index contributed by atoms with van der Waals surface area (Å²) < 4.78 is 7.16. The summed E-state index contributed by atoms with van der Waals surface area (Å²) in [5, 5.41) is 32.6. The largest absolute Gasteiger partial charge is 0.396 e. The maximum absolute atomic E-state index is 9.85. The van der Waals surface area contributed by atoms with Gasteiger partial charge in [-0.05, 0) is 37.6 Å². The summed E-state index contributed by atoms with van der Waals surface area (Å²) >= 11 is 0. The Morgan fingerprint density at radius 3 is 2.68 bits per heavy atom. The molecule has 2 heterocycles. The number of hydrogen-bond acceptors (Lipinski definition) is 6. The molecular formula is C21H23N3O4. The highest BCUT2D eigenvalue weighted by Crippen LogP contribution is 2.27. The quantitative estimate of drug-likeness (QED) is 0.428. The molecule has 146 valence electrons. The summed E-state index contributed by atoms with van der Waals surface area (Å²) in [5.41, 5.74) is 2.28. The van der Waals surface area contributed by atoms with Crippen molar-refractivity contribution in [2.75, 3.05) is 13.2 Å². The number of aromatic nitrogens is 3. The lowest BCUT2D eigenvalue weighted by molar-refractivity contribution is 0.173. The van der Waals surface area contributed by atoms with Crippen molar-refractivity contribution >= 4 is 0 Å². The third-order valence-electron chi connectivity index (χ3n) is 4.31. The highest BCUT2D eigenvalue weighted by molar-refractivity contribution is 5.59. The van der Waals surface area contributed by atoms with E-state index in [0.29, 0.717) is 30.1 Å². The number of aliphatic hydroxyl groups excluding tert-OH is 3. The molecule has 3 rings (SSSR count). The van der Waals surface area contributed by atoms with Crippen LogP contribution in [0.4, 0.5) is 0 Å². The van der Waals surface area contributed by atoms with Crippen LogP contribution in [0.15, 0.2) is 47.2 Å². The fourth-order valence-corrected chi connectivity index (χ4v) is 2.87. The number of rotatable bonds is 7. The Hall–Kier alpha value is -2.92. The summed E-state index contributed by atoms with van der Waals surface area (Å²) in [5.74, 6) is 7.09. The van der Waals surface area contributed by atoms with Crippen LogP contribution in [-0.2, 0) is 0 Å². The Labute approximate surface area is 163 Å². The molecule has 2 aromatic heterocycles. The third-order valence-corrected chi connectivity index (χ3v) is 4.31. The zero-order valence-electron chi connectivity index (χ0n) is 15.6. The minimum Gasteiger partial charge on any atom is -0.396 e. The molecule has 0 fully saturated rings. The number of aliphatic hydroxyl groups is 3. The number of benzene rings is 1. The van der Waals surface area contributed by atoms with Gasteiger partial charge in [0.2, 0.25) is 0 Å². The average Bonchev–Trinajstić information content (AvgIpc) is 3.37. The van der Waals surface area contributed by atoms with Crippen LogP contribution >= 0.6 is 0 Å². The molecule has 7 nitrogen and oxygen atoms in total. The van der Waals surface area contributed by atoms with Crippen LogP contribution < -0.4 is 0 Å². The van der Waals surface area contributed by atoms with Crippen LogP contribution in [0.5, 0.6) is 0 Å². The molecule has 0 aliphatic rings. The molecule has 1 aromatic carbocycles. The molecule has 3 N–H and O–H groups in total. The van der Waals surface area contributed by atoms with Gasteiger partial charge in [0.25, 0.3) is 0 Å². The highest BCUT2D eigenvalue weighted by Gasteiger charge is 2.22. The summed E-state index contributed by atoms with van der Waals surface area (Å²) in [7, 11) is 0. The Bertz CT molecular complexity index is 948. The van der Waals surface area contributed by atoms with E-state index in [1.54, 1.807) is 30.0 Å². The molecule has 3 aromatic rings. The molecule has 0 spiro atoms. The summed E-state index contributed by atoms with van der Waals surface area (Å²) in [4.78, 5) is 4.14. The van der Waals surface area contributed by atoms with Gasteiger partial charge in [0.05, 0.1) is 6.61 Å². The molecule has 0 bridgehead atoms. The van der Waals surface area contributed by atoms with Crippen LogP contribution in [0.2, 0.25) is 0 Å². The van der Waals surface area contributed by atoms with Crippen molar-refractivity contribution in [2.24, 2.45) is 0 Å². The van der Waals surface area contributed by atoms with Crippen LogP contribution in [0.3, 0.4) is 0 Å². The van der Waals surface area contributed by atoms with Crippen LogP contribution in [0, 0.1) is 11.8 Å². The minimum atomic E-state index is -0.763. The van der Waals surface area contributed by atoms with Crippen LogP contribution in [-0.4, -0.2) is 43.2 Å². The summed E-state index contributed by atoms with van der Waals surface area (Å²) in [6.45, 7) is 1.56. The topological polar surface area (TPSA) is 105 Å². The minimum absolute atomic E-state index is 0.147.